The number of methoxy groups -OCH3 is 1. The maximum Gasteiger partial charge on any atom is 0.240 e. The van der Waals surface area contributed by atoms with Gasteiger partial charge in [0.25, 0.3) is 0 Å². The van der Waals surface area contributed by atoms with Gasteiger partial charge in [-0.05, 0) is 25.2 Å². The molecule has 0 aromatic carbocycles. The summed E-state index contributed by atoms with van der Waals surface area (Å²) in [4.78, 5) is 4.45. The zero-order valence-corrected chi connectivity index (χ0v) is 11.6. The van der Waals surface area contributed by atoms with Crippen LogP contribution in [0.4, 0.5) is 0 Å². The molecule has 0 aliphatic heterocycles. The Hall–Kier alpha value is -1.38. The summed E-state index contributed by atoms with van der Waals surface area (Å²) in [7, 11) is 1.73. The van der Waals surface area contributed by atoms with Gasteiger partial charge in [0, 0.05) is 7.11 Å². The normalized spacial score (nSPS) is 27.1. The number of terminal acetylenes is 1. The first-order valence-corrected chi connectivity index (χ1v) is 6.72. The molecule has 19 heavy (non-hydrogen) atoms. The van der Waals surface area contributed by atoms with E-state index in [0.717, 1.165) is 19.3 Å². The van der Waals surface area contributed by atoms with E-state index in [1.165, 1.54) is 6.42 Å². The summed E-state index contributed by atoms with van der Waals surface area (Å²) < 4.78 is 11.0. The average Bonchev–Trinajstić information content (AvgIpc) is 2.88. The molecule has 5 nitrogen and oxygen atoms in total. The fourth-order valence-electron chi connectivity index (χ4n) is 2.74. The lowest BCUT2D eigenvalue weighted by molar-refractivity contribution is -0.0658. The Balaban J connectivity index is 2.08. The van der Waals surface area contributed by atoms with Gasteiger partial charge >= 0.3 is 0 Å². The predicted octanol–water partition coefficient (Wildman–Crippen LogP) is 1.84. The quantitative estimate of drug-likeness (QED) is 0.649. The summed E-state index contributed by atoms with van der Waals surface area (Å²) in [5, 5.41) is 7.13. The summed E-state index contributed by atoms with van der Waals surface area (Å²) in [6, 6.07) is 0. The molecule has 5 heteroatoms. The van der Waals surface area contributed by atoms with Crippen LogP contribution in [0.15, 0.2) is 4.52 Å². The molecule has 2 atom stereocenters. The van der Waals surface area contributed by atoms with Crippen molar-refractivity contribution in [1.82, 2.24) is 15.5 Å². The van der Waals surface area contributed by atoms with E-state index in [-0.39, 0.29) is 5.60 Å². The van der Waals surface area contributed by atoms with Crippen LogP contribution >= 0.6 is 0 Å². The third kappa shape index (κ3) is 3.14. The van der Waals surface area contributed by atoms with Crippen LogP contribution < -0.4 is 5.32 Å². The van der Waals surface area contributed by atoms with Crippen LogP contribution in [-0.4, -0.2) is 23.8 Å². The van der Waals surface area contributed by atoms with E-state index >= 15 is 0 Å². The number of ether oxygens (including phenoxy) is 1. The van der Waals surface area contributed by atoms with Gasteiger partial charge < -0.3 is 9.26 Å². The van der Waals surface area contributed by atoms with Gasteiger partial charge in [-0.15, -0.1) is 6.42 Å². The van der Waals surface area contributed by atoms with Crippen molar-refractivity contribution >= 4 is 0 Å². The molecule has 0 spiro atoms. The van der Waals surface area contributed by atoms with Gasteiger partial charge in [-0.1, -0.05) is 24.4 Å². The Morgan fingerprint density at radius 2 is 2.47 bits per heavy atom. The Morgan fingerprint density at radius 1 is 1.63 bits per heavy atom. The van der Waals surface area contributed by atoms with Crippen molar-refractivity contribution in [2.24, 2.45) is 5.92 Å². The first-order valence-electron chi connectivity index (χ1n) is 6.72. The van der Waals surface area contributed by atoms with Crippen LogP contribution in [0.25, 0.3) is 0 Å². The van der Waals surface area contributed by atoms with Crippen molar-refractivity contribution < 1.29 is 9.26 Å². The van der Waals surface area contributed by atoms with E-state index in [2.05, 4.69) is 28.3 Å². The molecule has 1 saturated carbocycles. The zero-order chi connectivity index (χ0) is 13.7. The van der Waals surface area contributed by atoms with Gasteiger partial charge in [-0.25, -0.2) is 0 Å². The highest BCUT2D eigenvalue weighted by atomic mass is 16.5. The largest absolute Gasteiger partial charge is 0.370 e. The molecule has 1 fully saturated rings. The second-order valence-electron chi connectivity index (χ2n) is 5.22. The lowest BCUT2D eigenvalue weighted by Crippen LogP contribution is -2.35. The van der Waals surface area contributed by atoms with E-state index in [1.54, 1.807) is 7.11 Å². The summed E-state index contributed by atoms with van der Waals surface area (Å²) in [6.07, 6.45) is 9.44. The number of aromatic nitrogens is 2. The Morgan fingerprint density at radius 3 is 3.16 bits per heavy atom. The summed E-state index contributed by atoms with van der Waals surface area (Å²) >= 11 is 0. The minimum atomic E-state index is -0.383. The molecule has 0 amide bonds. The molecule has 1 aromatic heterocycles. The molecule has 1 aliphatic carbocycles. The van der Waals surface area contributed by atoms with Crippen molar-refractivity contribution in [3.63, 3.8) is 0 Å². The van der Waals surface area contributed by atoms with Crippen LogP contribution in [-0.2, 0) is 16.9 Å². The molecule has 104 valence electrons. The van der Waals surface area contributed by atoms with Crippen LogP contribution in [0.1, 0.15) is 44.3 Å². The Bertz CT molecular complexity index is 452. The number of nitrogens with one attached hydrogen (secondary N) is 1. The Labute approximate surface area is 114 Å². The second-order valence-corrected chi connectivity index (χ2v) is 5.22. The standard InChI is InChI=1S/C14H21N3O2/c1-4-8-15-10-12-16-13(17-19-12)14(18-3)7-5-6-11(2)9-14/h1,11,15H,5-10H2,2-3H3. The van der Waals surface area contributed by atoms with Crippen LogP contribution in [0.5, 0.6) is 0 Å². The van der Waals surface area contributed by atoms with E-state index in [0.29, 0.717) is 30.7 Å². The number of rotatable bonds is 5. The third-order valence-corrected chi connectivity index (χ3v) is 3.73. The van der Waals surface area contributed by atoms with Gasteiger partial charge in [0.1, 0.15) is 5.60 Å². The second kappa shape index (κ2) is 6.18. The average molecular weight is 263 g/mol. The lowest BCUT2D eigenvalue weighted by Gasteiger charge is -2.36. The van der Waals surface area contributed by atoms with E-state index in [4.69, 9.17) is 15.7 Å². The molecule has 2 rings (SSSR count). The van der Waals surface area contributed by atoms with Gasteiger partial charge in [0.15, 0.2) is 0 Å². The number of hydrogen-bond acceptors (Lipinski definition) is 5. The highest BCUT2D eigenvalue weighted by Gasteiger charge is 2.40. The molecule has 0 bridgehead atoms. The van der Waals surface area contributed by atoms with Gasteiger partial charge in [-0.2, -0.15) is 4.98 Å². The molecular formula is C14H21N3O2. The number of hydrogen-bond donors (Lipinski definition) is 1. The van der Waals surface area contributed by atoms with Crippen molar-refractivity contribution in [3.05, 3.63) is 11.7 Å². The van der Waals surface area contributed by atoms with Crippen LogP contribution in [0, 0.1) is 18.3 Å². The van der Waals surface area contributed by atoms with Gasteiger partial charge in [-0.3, -0.25) is 5.32 Å². The summed E-state index contributed by atoms with van der Waals surface area (Å²) in [5.74, 6) is 4.35. The predicted molar refractivity (Wildman–Crippen MR) is 71.2 cm³/mol. The SMILES string of the molecule is C#CCNCc1nc(C2(OC)CCCC(C)C2)no1. The Kier molecular flexibility index (Phi) is 4.56. The smallest absolute Gasteiger partial charge is 0.240 e. The maximum absolute atomic E-state index is 5.74. The molecule has 2 unspecified atom stereocenters. The lowest BCUT2D eigenvalue weighted by atomic mass is 9.78. The zero-order valence-electron chi connectivity index (χ0n) is 11.6. The van der Waals surface area contributed by atoms with Crippen molar-refractivity contribution in [2.45, 2.75) is 44.8 Å². The number of nitrogens with zero attached hydrogens (tertiary/aromatic N) is 2. The molecule has 0 radical (unpaired) electrons. The van der Waals surface area contributed by atoms with Crippen LogP contribution in [0.3, 0.4) is 0 Å². The fraction of sp³-hybridized carbons (Fsp3) is 0.714. The fourth-order valence-corrected chi connectivity index (χ4v) is 2.74. The van der Waals surface area contributed by atoms with E-state index < -0.39 is 0 Å². The molecule has 0 saturated heterocycles. The summed E-state index contributed by atoms with van der Waals surface area (Å²) in [5.41, 5.74) is -0.383. The minimum Gasteiger partial charge on any atom is -0.370 e. The van der Waals surface area contributed by atoms with E-state index in [1.807, 2.05) is 0 Å². The van der Waals surface area contributed by atoms with Crippen molar-refractivity contribution in [3.8, 4) is 12.3 Å². The van der Waals surface area contributed by atoms with Crippen molar-refractivity contribution in [2.75, 3.05) is 13.7 Å². The molecule has 1 aliphatic rings. The first-order chi connectivity index (χ1) is 9.20. The highest BCUT2D eigenvalue weighted by molar-refractivity contribution is 5.04. The molecular weight excluding hydrogens is 242 g/mol. The van der Waals surface area contributed by atoms with Crippen molar-refractivity contribution in [1.29, 1.82) is 0 Å². The highest BCUT2D eigenvalue weighted by Crippen LogP contribution is 2.41. The minimum absolute atomic E-state index is 0.383. The first kappa shape index (κ1) is 14.0. The van der Waals surface area contributed by atoms with Gasteiger partial charge in [0.2, 0.25) is 11.7 Å². The van der Waals surface area contributed by atoms with Gasteiger partial charge in [0.05, 0.1) is 13.1 Å². The maximum atomic E-state index is 5.74. The monoisotopic (exact) mass is 263 g/mol. The third-order valence-electron chi connectivity index (χ3n) is 3.73. The van der Waals surface area contributed by atoms with Crippen LogP contribution in [0.2, 0.25) is 0 Å². The topological polar surface area (TPSA) is 60.2 Å². The van der Waals surface area contributed by atoms with E-state index in [9.17, 15) is 0 Å². The molecule has 1 heterocycles. The molecule has 1 aromatic rings. The molecule has 1 N–H and O–H groups in total. The summed E-state index contributed by atoms with van der Waals surface area (Å²) in [6.45, 7) is 3.22.